The summed E-state index contributed by atoms with van der Waals surface area (Å²) in [5.74, 6) is 0.379. The molecule has 1 aromatic carbocycles. The van der Waals surface area contributed by atoms with Crippen LogP contribution in [0.15, 0.2) is 30.3 Å². The van der Waals surface area contributed by atoms with Gasteiger partial charge in [0.05, 0.1) is 26.2 Å². The highest BCUT2D eigenvalue weighted by molar-refractivity contribution is 5.94. The predicted molar refractivity (Wildman–Crippen MR) is 102 cm³/mol. The molecule has 2 aliphatic heterocycles. The fourth-order valence-corrected chi connectivity index (χ4v) is 4.45. The molecule has 0 radical (unpaired) electrons. The van der Waals surface area contributed by atoms with Crippen molar-refractivity contribution in [1.82, 2.24) is 9.80 Å². The minimum absolute atomic E-state index is 0.0352. The Labute approximate surface area is 156 Å². The van der Waals surface area contributed by atoms with Gasteiger partial charge in [0.15, 0.2) is 6.04 Å². The summed E-state index contributed by atoms with van der Waals surface area (Å²) < 4.78 is 0. The third kappa shape index (κ3) is 3.93. The molecule has 5 nitrogen and oxygen atoms in total. The van der Waals surface area contributed by atoms with E-state index in [1.165, 1.54) is 11.3 Å². The summed E-state index contributed by atoms with van der Waals surface area (Å²) in [5.41, 5.74) is 0.746. The standard InChI is InChI=1S/C21H31N3O2/c1-16-8-7-9-17(2)24(16)20(25)18(3)22-12-14-23(15-13-22)21(26)19-10-5-4-6-11-19/h4-6,10-11,16-18H,7-9,12-15H2,1-3H3/p+1/t16-,17-,18+/m0/s1. The van der Waals surface area contributed by atoms with Gasteiger partial charge in [0, 0.05) is 17.6 Å². The molecule has 2 aliphatic rings. The number of hydrogen-bond acceptors (Lipinski definition) is 2. The van der Waals surface area contributed by atoms with Crippen molar-refractivity contribution in [3.63, 3.8) is 0 Å². The van der Waals surface area contributed by atoms with Crippen LogP contribution in [-0.4, -0.2) is 65.9 Å². The topological polar surface area (TPSA) is 45.1 Å². The predicted octanol–water partition coefficient (Wildman–Crippen LogP) is 1.21. The molecule has 2 fully saturated rings. The van der Waals surface area contributed by atoms with Gasteiger partial charge >= 0.3 is 0 Å². The maximum absolute atomic E-state index is 13.1. The number of carbonyl (C=O) groups is 2. The number of nitrogens with one attached hydrogen (secondary N) is 1. The fraction of sp³-hybridized carbons (Fsp3) is 0.619. The van der Waals surface area contributed by atoms with E-state index < -0.39 is 0 Å². The van der Waals surface area contributed by atoms with Crippen molar-refractivity contribution in [2.24, 2.45) is 0 Å². The van der Waals surface area contributed by atoms with E-state index >= 15 is 0 Å². The number of benzene rings is 1. The Hall–Kier alpha value is -1.88. The SMILES string of the molecule is C[C@H](C(=O)N1[C@@H](C)CCC[C@@H]1C)[NH+]1CCN(C(=O)c2ccccc2)CC1. The van der Waals surface area contributed by atoms with Gasteiger partial charge < -0.3 is 14.7 Å². The minimum atomic E-state index is -0.0352. The molecule has 26 heavy (non-hydrogen) atoms. The summed E-state index contributed by atoms with van der Waals surface area (Å²) in [4.78, 5) is 31.0. The van der Waals surface area contributed by atoms with Crippen LogP contribution in [-0.2, 0) is 4.79 Å². The Morgan fingerprint density at radius 2 is 1.62 bits per heavy atom. The van der Waals surface area contributed by atoms with Crippen LogP contribution in [0.3, 0.4) is 0 Å². The first-order valence-electron chi connectivity index (χ1n) is 10.00. The van der Waals surface area contributed by atoms with Gasteiger partial charge in [-0.3, -0.25) is 9.59 Å². The van der Waals surface area contributed by atoms with Crippen molar-refractivity contribution in [3.8, 4) is 0 Å². The molecule has 0 unspecified atom stereocenters. The summed E-state index contributed by atoms with van der Waals surface area (Å²) in [6.45, 7) is 9.50. The maximum atomic E-state index is 13.1. The zero-order valence-electron chi connectivity index (χ0n) is 16.3. The van der Waals surface area contributed by atoms with Gasteiger partial charge in [-0.05, 0) is 52.2 Å². The number of piperidine rings is 1. The van der Waals surface area contributed by atoms with Crippen molar-refractivity contribution in [2.45, 2.75) is 58.2 Å². The van der Waals surface area contributed by atoms with E-state index in [1.54, 1.807) is 0 Å². The van der Waals surface area contributed by atoms with E-state index in [0.29, 0.717) is 25.2 Å². The van der Waals surface area contributed by atoms with E-state index in [0.717, 1.165) is 31.5 Å². The van der Waals surface area contributed by atoms with E-state index in [1.807, 2.05) is 35.2 Å². The van der Waals surface area contributed by atoms with Crippen molar-refractivity contribution < 1.29 is 14.5 Å². The summed E-state index contributed by atoms with van der Waals surface area (Å²) in [7, 11) is 0. The van der Waals surface area contributed by atoms with Gasteiger partial charge in [0.1, 0.15) is 0 Å². The zero-order chi connectivity index (χ0) is 18.7. The lowest BCUT2D eigenvalue weighted by molar-refractivity contribution is -0.918. The number of piperazine rings is 1. The van der Waals surface area contributed by atoms with Crippen LogP contribution >= 0.6 is 0 Å². The highest BCUT2D eigenvalue weighted by Gasteiger charge is 2.37. The molecule has 2 saturated heterocycles. The second kappa shape index (κ2) is 8.21. The second-order valence-corrected chi connectivity index (χ2v) is 7.91. The van der Waals surface area contributed by atoms with Gasteiger partial charge in [-0.1, -0.05) is 18.2 Å². The molecule has 0 aliphatic carbocycles. The van der Waals surface area contributed by atoms with Gasteiger partial charge in [-0.2, -0.15) is 0 Å². The summed E-state index contributed by atoms with van der Waals surface area (Å²) >= 11 is 0. The Kier molecular flexibility index (Phi) is 5.97. The number of rotatable bonds is 3. The van der Waals surface area contributed by atoms with Crippen molar-refractivity contribution in [2.75, 3.05) is 26.2 Å². The quantitative estimate of drug-likeness (QED) is 0.883. The van der Waals surface area contributed by atoms with Crippen molar-refractivity contribution >= 4 is 11.8 Å². The van der Waals surface area contributed by atoms with Crippen LogP contribution in [0.4, 0.5) is 0 Å². The molecule has 3 atom stereocenters. The van der Waals surface area contributed by atoms with Crippen LogP contribution in [0.25, 0.3) is 0 Å². The molecule has 1 aromatic rings. The highest BCUT2D eigenvalue weighted by Crippen LogP contribution is 2.23. The molecular formula is C21H32N3O2+. The lowest BCUT2D eigenvalue weighted by atomic mass is 9.96. The van der Waals surface area contributed by atoms with Crippen LogP contribution in [0.1, 0.15) is 50.4 Å². The minimum Gasteiger partial charge on any atom is -0.332 e. The number of likely N-dealkylation sites (tertiary alicyclic amines) is 1. The molecule has 0 aromatic heterocycles. The second-order valence-electron chi connectivity index (χ2n) is 7.91. The molecule has 5 heteroatoms. The monoisotopic (exact) mass is 358 g/mol. The Morgan fingerprint density at radius 3 is 2.19 bits per heavy atom. The molecule has 0 spiro atoms. The highest BCUT2D eigenvalue weighted by atomic mass is 16.2. The molecule has 3 rings (SSSR count). The van der Waals surface area contributed by atoms with Gasteiger partial charge in [-0.25, -0.2) is 0 Å². The number of quaternary nitrogens is 1. The van der Waals surface area contributed by atoms with Crippen LogP contribution in [0.2, 0.25) is 0 Å². The van der Waals surface area contributed by atoms with Gasteiger partial charge in [-0.15, -0.1) is 0 Å². The summed E-state index contributed by atoms with van der Waals surface area (Å²) in [6.07, 6.45) is 3.43. The van der Waals surface area contributed by atoms with Gasteiger partial charge in [0.25, 0.3) is 11.8 Å². The fourth-order valence-electron chi connectivity index (χ4n) is 4.45. The molecule has 2 heterocycles. The van der Waals surface area contributed by atoms with E-state index in [-0.39, 0.29) is 17.9 Å². The smallest absolute Gasteiger partial charge is 0.281 e. The Morgan fingerprint density at radius 1 is 1.04 bits per heavy atom. The van der Waals surface area contributed by atoms with Crippen molar-refractivity contribution in [1.29, 1.82) is 0 Å². The first kappa shape index (κ1) is 18.9. The van der Waals surface area contributed by atoms with Crippen LogP contribution in [0.5, 0.6) is 0 Å². The van der Waals surface area contributed by atoms with Crippen molar-refractivity contribution in [3.05, 3.63) is 35.9 Å². The lowest BCUT2D eigenvalue weighted by Crippen LogP contribution is -3.19. The number of amides is 2. The number of hydrogen-bond donors (Lipinski definition) is 1. The van der Waals surface area contributed by atoms with Crippen LogP contribution < -0.4 is 4.90 Å². The average Bonchev–Trinajstić information content (AvgIpc) is 2.67. The van der Waals surface area contributed by atoms with Gasteiger partial charge in [0.2, 0.25) is 0 Å². The maximum Gasteiger partial charge on any atom is 0.281 e. The van der Waals surface area contributed by atoms with Crippen LogP contribution in [0, 0.1) is 0 Å². The molecule has 0 bridgehead atoms. The van der Waals surface area contributed by atoms with E-state index in [4.69, 9.17) is 0 Å². The lowest BCUT2D eigenvalue weighted by Gasteiger charge is -2.42. The summed E-state index contributed by atoms with van der Waals surface area (Å²) in [6, 6.07) is 10.1. The van der Waals surface area contributed by atoms with E-state index in [9.17, 15) is 9.59 Å². The third-order valence-electron chi connectivity index (χ3n) is 6.14. The number of nitrogens with zero attached hydrogens (tertiary/aromatic N) is 2. The summed E-state index contributed by atoms with van der Waals surface area (Å²) in [5, 5.41) is 0. The molecule has 0 saturated carbocycles. The first-order chi connectivity index (χ1) is 12.5. The first-order valence-corrected chi connectivity index (χ1v) is 10.00. The number of carbonyl (C=O) groups excluding carboxylic acids is 2. The largest absolute Gasteiger partial charge is 0.332 e. The Bertz CT molecular complexity index is 615. The third-order valence-corrected chi connectivity index (χ3v) is 6.14. The molecule has 142 valence electrons. The van der Waals surface area contributed by atoms with E-state index in [2.05, 4.69) is 25.7 Å². The average molecular weight is 359 g/mol. The molecule has 1 N–H and O–H groups in total. The normalized spacial score (nSPS) is 25.8. The molecule has 2 amide bonds. The Balaban J connectivity index is 1.57. The molecular weight excluding hydrogens is 326 g/mol. The zero-order valence-corrected chi connectivity index (χ0v) is 16.3.